The van der Waals surface area contributed by atoms with Gasteiger partial charge in [0.1, 0.15) is 11.3 Å². The third-order valence-electron chi connectivity index (χ3n) is 5.29. The zero-order valence-electron chi connectivity index (χ0n) is 18.9. The molecular formula is C26H26N2O4S2. The van der Waals surface area contributed by atoms with Crippen molar-refractivity contribution in [2.45, 2.75) is 31.2 Å². The quantitative estimate of drug-likeness (QED) is 0.292. The second kappa shape index (κ2) is 10.8. The van der Waals surface area contributed by atoms with Crippen LogP contribution in [-0.4, -0.2) is 31.7 Å². The molecule has 6 nitrogen and oxygen atoms in total. The average molecular weight is 495 g/mol. The standard InChI is InChI=1S/C26H26N2O4S2/c1-2-32-22-15-9-16-23-25(22)27-26(33-23)28(19-20-11-5-3-6-12-20)24(29)17-10-18-34(30,31)21-13-7-4-8-14-21/h3-9,11-16H,2,10,17-19H2,1H3. The van der Waals surface area contributed by atoms with Crippen LogP contribution in [0.2, 0.25) is 0 Å². The molecule has 4 aromatic rings. The van der Waals surface area contributed by atoms with Gasteiger partial charge in [-0.05, 0) is 43.2 Å². The molecule has 0 N–H and O–H groups in total. The number of hydrogen-bond donors (Lipinski definition) is 0. The maximum atomic E-state index is 13.3. The molecule has 8 heteroatoms. The Morgan fingerprint density at radius 1 is 0.971 bits per heavy atom. The zero-order valence-corrected chi connectivity index (χ0v) is 20.5. The second-order valence-electron chi connectivity index (χ2n) is 7.73. The number of benzene rings is 3. The Hall–Kier alpha value is -3.23. The van der Waals surface area contributed by atoms with Crippen LogP contribution < -0.4 is 9.64 Å². The fourth-order valence-electron chi connectivity index (χ4n) is 3.62. The Balaban J connectivity index is 1.56. The van der Waals surface area contributed by atoms with E-state index in [0.29, 0.717) is 24.0 Å². The number of anilines is 1. The van der Waals surface area contributed by atoms with Crippen LogP contribution >= 0.6 is 11.3 Å². The van der Waals surface area contributed by atoms with Gasteiger partial charge >= 0.3 is 0 Å². The van der Waals surface area contributed by atoms with Gasteiger partial charge < -0.3 is 4.74 Å². The highest BCUT2D eigenvalue weighted by Crippen LogP contribution is 2.35. The first-order valence-corrected chi connectivity index (χ1v) is 13.6. The summed E-state index contributed by atoms with van der Waals surface area (Å²) in [6, 6.07) is 23.8. The highest BCUT2D eigenvalue weighted by Gasteiger charge is 2.22. The van der Waals surface area contributed by atoms with E-state index in [1.54, 1.807) is 35.2 Å². The number of amides is 1. The molecule has 0 saturated carbocycles. The van der Waals surface area contributed by atoms with E-state index in [4.69, 9.17) is 9.72 Å². The van der Waals surface area contributed by atoms with Crippen molar-refractivity contribution in [3.63, 3.8) is 0 Å². The monoisotopic (exact) mass is 494 g/mol. The van der Waals surface area contributed by atoms with Gasteiger partial charge in [-0.15, -0.1) is 0 Å². The highest BCUT2D eigenvalue weighted by molar-refractivity contribution is 7.91. The zero-order chi connectivity index (χ0) is 24.0. The molecule has 4 rings (SSSR count). The van der Waals surface area contributed by atoms with Crippen LogP contribution in [0.1, 0.15) is 25.3 Å². The molecule has 0 aliphatic rings. The molecule has 0 saturated heterocycles. The molecule has 0 radical (unpaired) electrons. The Morgan fingerprint density at radius 2 is 1.68 bits per heavy atom. The van der Waals surface area contributed by atoms with Gasteiger partial charge in [-0.25, -0.2) is 13.4 Å². The number of hydrogen-bond acceptors (Lipinski definition) is 6. The molecule has 0 atom stereocenters. The van der Waals surface area contributed by atoms with Gasteiger partial charge in [-0.3, -0.25) is 9.69 Å². The van der Waals surface area contributed by atoms with Gasteiger partial charge in [0.15, 0.2) is 15.0 Å². The number of thiazole rings is 1. The Morgan fingerprint density at radius 3 is 2.38 bits per heavy atom. The van der Waals surface area contributed by atoms with Crippen LogP contribution in [0, 0.1) is 0 Å². The predicted octanol–water partition coefficient (Wildman–Crippen LogP) is 5.48. The maximum absolute atomic E-state index is 13.3. The topological polar surface area (TPSA) is 76.6 Å². The minimum atomic E-state index is -3.44. The van der Waals surface area contributed by atoms with Crippen molar-refractivity contribution in [1.82, 2.24) is 4.98 Å². The summed E-state index contributed by atoms with van der Waals surface area (Å²) in [6.07, 6.45) is 0.337. The van der Waals surface area contributed by atoms with Crippen LogP contribution in [0.4, 0.5) is 5.13 Å². The lowest BCUT2D eigenvalue weighted by Gasteiger charge is -2.20. The first-order chi connectivity index (χ1) is 16.5. The average Bonchev–Trinajstić information content (AvgIpc) is 3.29. The maximum Gasteiger partial charge on any atom is 0.229 e. The number of rotatable bonds is 10. The summed E-state index contributed by atoms with van der Waals surface area (Å²) in [5, 5.41) is 0.571. The van der Waals surface area contributed by atoms with Gasteiger partial charge in [-0.1, -0.05) is 65.9 Å². The second-order valence-corrected chi connectivity index (χ2v) is 10.9. The number of aromatic nitrogens is 1. The molecular weight excluding hydrogens is 468 g/mol. The molecule has 0 aliphatic heterocycles. The summed E-state index contributed by atoms with van der Waals surface area (Å²) in [5.74, 6) is 0.434. The van der Waals surface area contributed by atoms with E-state index in [9.17, 15) is 13.2 Å². The predicted molar refractivity (Wildman–Crippen MR) is 136 cm³/mol. The molecule has 1 aromatic heterocycles. The number of sulfone groups is 1. The third kappa shape index (κ3) is 5.63. The van der Waals surface area contributed by atoms with Crippen LogP contribution in [0.25, 0.3) is 10.2 Å². The lowest BCUT2D eigenvalue weighted by atomic mass is 10.2. The molecule has 3 aromatic carbocycles. The normalized spacial score (nSPS) is 11.4. The summed E-state index contributed by atoms with van der Waals surface area (Å²) in [5.41, 5.74) is 1.69. The Kier molecular flexibility index (Phi) is 7.59. The van der Waals surface area contributed by atoms with Crippen molar-refractivity contribution < 1.29 is 17.9 Å². The van der Waals surface area contributed by atoms with Crippen molar-refractivity contribution in [3.05, 3.63) is 84.4 Å². The van der Waals surface area contributed by atoms with Gasteiger partial charge in [0, 0.05) is 6.42 Å². The van der Waals surface area contributed by atoms with E-state index in [-0.39, 0.29) is 29.4 Å². The highest BCUT2D eigenvalue weighted by atomic mass is 32.2. The summed E-state index contributed by atoms with van der Waals surface area (Å²) in [7, 11) is -3.44. The van der Waals surface area contributed by atoms with Gasteiger partial charge in [0.05, 0.1) is 28.5 Å². The molecule has 0 fully saturated rings. The minimum Gasteiger partial charge on any atom is -0.492 e. The Bertz CT molecular complexity index is 1350. The molecule has 34 heavy (non-hydrogen) atoms. The first kappa shape index (κ1) is 23.9. The van der Waals surface area contributed by atoms with E-state index >= 15 is 0 Å². The summed E-state index contributed by atoms with van der Waals surface area (Å²) < 4.78 is 31.9. The lowest BCUT2D eigenvalue weighted by Crippen LogP contribution is -2.30. The van der Waals surface area contributed by atoms with Crippen molar-refractivity contribution in [2.24, 2.45) is 0 Å². The van der Waals surface area contributed by atoms with Gasteiger partial charge in [0.2, 0.25) is 5.91 Å². The third-order valence-corrected chi connectivity index (χ3v) is 8.15. The van der Waals surface area contributed by atoms with Crippen LogP contribution in [0.3, 0.4) is 0 Å². The SMILES string of the molecule is CCOc1cccc2sc(N(Cc3ccccc3)C(=O)CCCS(=O)(=O)c3ccccc3)nc12. The minimum absolute atomic E-state index is 0.0870. The number of ether oxygens (including phenoxy) is 1. The van der Waals surface area contributed by atoms with Crippen molar-refractivity contribution >= 4 is 42.4 Å². The summed E-state index contributed by atoms with van der Waals surface area (Å²) in [6.45, 7) is 2.80. The number of carbonyl (C=O) groups excluding carboxylic acids is 1. The lowest BCUT2D eigenvalue weighted by molar-refractivity contribution is -0.118. The first-order valence-electron chi connectivity index (χ1n) is 11.1. The van der Waals surface area contributed by atoms with Crippen LogP contribution in [0.15, 0.2) is 83.8 Å². The largest absolute Gasteiger partial charge is 0.492 e. The molecule has 176 valence electrons. The van der Waals surface area contributed by atoms with Crippen molar-refractivity contribution in [1.29, 1.82) is 0 Å². The summed E-state index contributed by atoms with van der Waals surface area (Å²) in [4.78, 5) is 20.0. The van der Waals surface area contributed by atoms with Crippen molar-refractivity contribution in [2.75, 3.05) is 17.3 Å². The van der Waals surface area contributed by atoms with E-state index in [0.717, 1.165) is 15.8 Å². The molecule has 1 heterocycles. The van der Waals surface area contributed by atoms with Gasteiger partial charge in [-0.2, -0.15) is 0 Å². The fraction of sp³-hybridized carbons (Fsp3) is 0.231. The summed E-state index contributed by atoms with van der Waals surface area (Å²) >= 11 is 1.42. The number of carbonyl (C=O) groups is 1. The molecule has 0 bridgehead atoms. The molecule has 0 spiro atoms. The fourth-order valence-corrected chi connectivity index (χ4v) is 5.95. The van der Waals surface area contributed by atoms with Crippen LogP contribution in [0.5, 0.6) is 5.75 Å². The van der Waals surface area contributed by atoms with E-state index in [1.165, 1.54) is 11.3 Å². The Labute approximate surface area is 203 Å². The van der Waals surface area contributed by atoms with E-state index in [1.807, 2.05) is 55.5 Å². The van der Waals surface area contributed by atoms with E-state index in [2.05, 4.69) is 0 Å². The molecule has 1 amide bonds. The molecule has 0 unspecified atom stereocenters. The van der Waals surface area contributed by atoms with Gasteiger partial charge in [0.25, 0.3) is 0 Å². The number of para-hydroxylation sites is 1. The smallest absolute Gasteiger partial charge is 0.229 e. The number of fused-ring (bicyclic) bond motifs is 1. The van der Waals surface area contributed by atoms with Crippen molar-refractivity contribution in [3.8, 4) is 5.75 Å². The number of nitrogens with zero attached hydrogens (tertiary/aromatic N) is 2. The van der Waals surface area contributed by atoms with E-state index < -0.39 is 9.84 Å². The van der Waals surface area contributed by atoms with Crippen LogP contribution in [-0.2, 0) is 21.2 Å². The molecule has 0 aliphatic carbocycles.